The maximum Gasteiger partial charge on any atom is 0.259 e. The zero-order valence-corrected chi connectivity index (χ0v) is 15.7. The number of para-hydroxylation sites is 1. The van der Waals surface area contributed by atoms with E-state index in [1.165, 1.54) is 0 Å². The van der Waals surface area contributed by atoms with Crippen molar-refractivity contribution in [2.75, 3.05) is 27.3 Å². The molecule has 7 nitrogen and oxygen atoms in total. The molecule has 1 aliphatic heterocycles. The minimum atomic E-state index is -0.0364. The summed E-state index contributed by atoms with van der Waals surface area (Å²) in [6.07, 6.45) is 6.10. The summed E-state index contributed by atoms with van der Waals surface area (Å²) in [4.78, 5) is 19.3. The predicted octanol–water partition coefficient (Wildman–Crippen LogP) is 2.68. The number of likely N-dealkylation sites (tertiary alicyclic amines) is 1. The Morgan fingerprint density at radius 1 is 1.22 bits per heavy atom. The van der Waals surface area contributed by atoms with Gasteiger partial charge in [-0.3, -0.25) is 4.79 Å². The first-order chi connectivity index (χ1) is 13.1. The molecule has 140 valence electrons. The molecule has 0 radical (unpaired) electrons. The van der Waals surface area contributed by atoms with Crippen LogP contribution in [0.5, 0.6) is 11.5 Å². The van der Waals surface area contributed by atoms with Crippen molar-refractivity contribution in [2.45, 2.75) is 19.3 Å². The van der Waals surface area contributed by atoms with Gasteiger partial charge in [0.1, 0.15) is 5.56 Å². The van der Waals surface area contributed by atoms with Crippen LogP contribution in [-0.4, -0.2) is 52.7 Å². The SMILES string of the molecule is COc1cccc([C@@H]2CCN(C(=O)c3cnn4cc(C)cnc34)C2)c1OC. The molecule has 3 heterocycles. The maximum absolute atomic E-state index is 13.0. The normalized spacial score (nSPS) is 16.7. The van der Waals surface area contributed by atoms with Gasteiger partial charge in [-0.1, -0.05) is 12.1 Å². The molecular weight excluding hydrogens is 344 g/mol. The van der Waals surface area contributed by atoms with Crippen molar-refractivity contribution in [3.8, 4) is 11.5 Å². The van der Waals surface area contributed by atoms with E-state index in [-0.39, 0.29) is 11.8 Å². The van der Waals surface area contributed by atoms with Gasteiger partial charge in [0.25, 0.3) is 5.91 Å². The number of aromatic nitrogens is 3. The van der Waals surface area contributed by atoms with E-state index in [9.17, 15) is 4.79 Å². The number of nitrogens with zero attached hydrogens (tertiary/aromatic N) is 4. The van der Waals surface area contributed by atoms with Crippen molar-refractivity contribution in [2.24, 2.45) is 0 Å². The summed E-state index contributed by atoms with van der Waals surface area (Å²) >= 11 is 0. The molecule has 0 aliphatic carbocycles. The Kier molecular flexibility index (Phi) is 4.43. The van der Waals surface area contributed by atoms with Gasteiger partial charge < -0.3 is 14.4 Å². The molecule has 0 spiro atoms. The molecule has 3 aromatic rings. The van der Waals surface area contributed by atoms with Crippen LogP contribution in [0.15, 0.2) is 36.8 Å². The van der Waals surface area contributed by atoms with Gasteiger partial charge in [0.2, 0.25) is 0 Å². The third-order valence-corrected chi connectivity index (χ3v) is 5.06. The fraction of sp³-hybridized carbons (Fsp3) is 0.350. The fourth-order valence-electron chi connectivity index (χ4n) is 3.72. The number of aryl methyl sites for hydroxylation is 1. The molecular formula is C20H22N4O3. The van der Waals surface area contributed by atoms with Crippen molar-refractivity contribution >= 4 is 11.6 Å². The summed E-state index contributed by atoms with van der Waals surface area (Å²) in [5.74, 6) is 1.62. The molecule has 1 amide bonds. The van der Waals surface area contributed by atoms with E-state index in [2.05, 4.69) is 10.1 Å². The third-order valence-electron chi connectivity index (χ3n) is 5.06. The lowest BCUT2D eigenvalue weighted by molar-refractivity contribution is 0.0792. The van der Waals surface area contributed by atoms with E-state index in [1.807, 2.05) is 36.2 Å². The highest BCUT2D eigenvalue weighted by Gasteiger charge is 2.31. The molecule has 0 bridgehead atoms. The van der Waals surface area contributed by atoms with Crippen molar-refractivity contribution in [1.82, 2.24) is 19.5 Å². The van der Waals surface area contributed by atoms with Crippen LogP contribution in [0, 0.1) is 6.92 Å². The molecule has 1 saturated heterocycles. The molecule has 2 aromatic heterocycles. The van der Waals surface area contributed by atoms with E-state index in [4.69, 9.17) is 9.47 Å². The van der Waals surface area contributed by atoms with E-state index >= 15 is 0 Å². The number of carbonyl (C=O) groups is 1. The zero-order valence-electron chi connectivity index (χ0n) is 15.7. The first-order valence-corrected chi connectivity index (χ1v) is 8.92. The summed E-state index contributed by atoms with van der Waals surface area (Å²) in [6, 6.07) is 5.88. The van der Waals surface area contributed by atoms with Crippen LogP contribution in [0.1, 0.15) is 33.8 Å². The lowest BCUT2D eigenvalue weighted by Gasteiger charge is -2.18. The van der Waals surface area contributed by atoms with Gasteiger partial charge in [-0.05, 0) is 25.0 Å². The quantitative estimate of drug-likeness (QED) is 0.710. The molecule has 7 heteroatoms. The molecule has 0 N–H and O–H groups in total. The number of amides is 1. The topological polar surface area (TPSA) is 69.0 Å². The van der Waals surface area contributed by atoms with Crippen molar-refractivity contribution in [3.05, 3.63) is 53.5 Å². The van der Waals surface area contributed by atoms with E-state index in [0.717, 1.165) is 23.3 Å². The van der Waals surface area contributed by atoms with Crippen LogP contribution in [-0.2, 0) is 0 Å². The second-order valence-corrected chi connectivity index (χ2v) is 6.78. The second-order valence-electron chi connectivity index (χ2n) is 6.78. The number of hydrogen-bond acceptors (Lipinski definition) is 5. The van der Waals surface area contributed by atoms with Crippen LogP contribution in [0.25, 0.3) is 5.65 Å². The number of ether oxygens (including phenoxy) is 2. The van der Waals surface area contributed by atoms with Gasteiger partial charge in [0.05, 0.1) is 20.4 Å². The lowest BCUT2D eigenvalue weighted by Crippen LogP contribution is -2.28. The second kappa shape index (κ2) is 6.90. The first-order valence-electron chi connectivity index (χ1n) is 8.92. The average molecular weight is 366 g/mol. The largest absolute Gasteiger partial charge is 0.493 e. The summed E-state index contributed by atoms with van der Waals surface area (Å²) in [5.41, 5.74) is 3.19. The van der Waals surface area contributed by atoms with Crippen molar-refractivity contribution in [1.29, 1.82) is 0 Å². The number of rotatable bonds is 4. The van der Waals surface area contributed by atoms with Crippen LogP contribution in [0.4, 0.5) is 0 Å². The van der Waals surface area contributed by atoms with Gasteiger partial charge in [0, 0.05) is 37.0 Å². The lowest BCUT2D eigenvalue weighted by atomic mass is 9.97. The summed E-state index contributed by atoms with van der Waals surface area (Å²) in [7, 11) is 3.28. The molecule has 1 aliphatic rings. The Hall–Kier alpha value is -3.09. The van der Waals surface area contributed by atoms with Crippen LogP contribution >= 0.6 is 0 Å². The number of fused-ring (bicyclic) bond motifs is 1. The van der Waals surface area contributed by atoms with Gasteiger partial charge in [-0.25, -0.2) is 9.50 Å². The Bertz CT molecular complexity index is 998. The summed E-state index contributed by atoms with van der Waals surface area (Å²) < 4.78 is 12.6. The van der Waals surface area contributed by atoms with Crippen molar-refractivity contribution in [3.63, 3.8) is 0 Å². The van der Waals surface area contributed by atoms with Gasteiger partial charge in [-0.15, -0.1) is 0 Å². The summed E-state index contributed by atoms with van der Waals surface area (Å²) in [5, 5.41) is 4.27. The first kappa shape index (κ1) is 17.3. The van der Waals surface area contributed by atoms with Gasteiger partial charge in [-0.2, -0.15) is 5.10 Å². The van der Waals surface area contributed by atoms with E-state index < -0.39 is 0 Å². The Balaban J connectivity index is 1.58. The maximum atomic E-state index is 13.0. The molecule has 27 heavy (non-hydrogen) atoms. The number of methoxy groups -OCH3 is 2. The highest BCUT2D eigenvalue weighted by Crippen LogP contribution is 2.39. The number of carbonyl (C=O) groups excluding carboxylic acids is 1. The highest BCUT2D eigenvalue weighted by atomic mass is 16.5. The number of hydrogen-bond donors (Lipinski definition) is 0. The molecule has 1 aromatic carbocycles. The molecule has 1 fully saturated rings. The monoisotopic (exact) mass is 366 g/mol. The Labute approximate surface area is 157 Å². The van der Waals surface area contributed by atoms with Crippen LogP contribution in [0.2, 0.25) is 0 Å². The van der Waals surface area contributed by atoms with Crippen molar-refractivity contribution < 1.29 is 14.3 Å². The zero-order chi connectivity index (χ0) is 19.0. The molecule has 4 rings (SSSR count). The van der Waals surface area contributed by atoms with Gasteiger partial charge >= 0.3 is 0 Å². The highest BCUT2D eigenvalue weighted by molar-refractivity contribution is 5.99. The third kappa shape index (κ3) is 2.99. The minimum absolute atomic E-state index is 0.0364. The standard InChI is InChI=1S/C20H22N4O3/c1-13-9-21-19-16(10-22-24(19)11-13)20(25)23-8-7-14(12-23)15-5-4-6-17(26-2)18(15)27-3/h4-6,9-11,14H,7-8,12H2,1-3H3/t14-/m1/s1. The molecule has 0 saturated carbocycles. The number of benzene rings is 1. The minimum Gasteiger partial charge on any atom is -0.493 e. The molecule has 0 unspecified atom stereocenters. The fourth-order valence-corrected chi connectivity index (χ4v) is 3.72. The molecule has 1 atom stereocenters. The van der Waals surface area contributed by atoms with E-state index in [1.54, 1.807) is 31.1 Å². The van der Waals surface area contributed by atoms with Gasteiger partial charge in [0.15, 0.2) is 17.1 Å². The Morgan fingerprint density at radius 3 is 2.85 bits per heavy atom. The summed E-state index contributed by atoms with van der Waals surface area (Å²) in [6.45, 7) is 3.26. The average Bonchev–Trinajstić information content (AvgIpc) is 3.33. The predicted molar refractivity (Wildman–Crippen MR) is 101 cm³/mol. The van der Waals surface area contributed by atoms with Crippen LogP contribution in [0.3, 0.4) is 0 Å². The smallest absolute Gasteiger partial charge is 0.259 e. The van der Waals surface area contributed by atoms with E-state index in [0.29, 0.717) is 30.0 Å². The Morgan fingerprint density at radius 2 is 2.07 bits per heavy atom. The van der Waals surface area contributed by atoms with Crippen LogP contribution < -0.4 is 9.47 Å².